The first-order chi connectivity index (χ1) is 13.1. The fourth-order valence-corrected chi connectivity index (χ4v) is 3.77. The number of halogens is 1. The summed E-state index contributed by atoms with van der Waals surface area (Å²) in [5, 5.41) is 7.07. The minimum atomic E-state index is -0.631. The molecule has 28 heavy (non-hydrogen) atoms. The summed E-state index contributed by atoms with van der Waals surface area (Å²) in [7, 11) is 0. The molecule has 1 unspecified atom stereocenters. The van der Waals surface area contributed by atoms with Gasteiger partial charge in [0.25, 0.3) is 0 Å². The highest BCUT2D eigenvalue weighted by Crippen LogP contribution is 2.35. The van der Waals surface area contributed by atoms with Crippen molar-refractivity contribution in [2.24, 2.45) is 0 Å². The summed E-state index contributed by atoms with van der Waals surface area (Å²) >= 11 is 4.28. The third kappa shape index (κ3) is 4.99. The number of carbonyl (C=O) groups is 3. The van der Waals surface area contributed by atoms with E-state index in [1.54, 1.807) is 47.0 Å². The molecule has 152 valence electrons. The first-order valence-electron chi connectivity index (χ1n) is 8.67. The Kier molecular flexibility index (Phi) is 7.36. The number of esters is 2. The highest BCUT2D eigenvalue weighted by atomic mass is 79.9. The number of hydrogen-bond donors (Lipinski definition) is 1. The summed E-state index contributed by atoms with van der Waals surface area (Å²) in [5.74, 6) is -1.54. The predicted molar refractivity (Wildman–Crippen MR) is 109 cm³/mol. The molecule has 1 atom stereocenters. The Hall–Kier alpha value is -2.20. The first-order valence-corrected chi connectivity index (χ1v) is 10.3. The predicted octanol–water partition coefficient (Wildman–Crippen LogP) is 3.96. The molecule has 0 bridgehead atoms. The summed E-state index contributed by atoms with van der Waals surface area (Å²) in [4.78, 5) is 37.7. The van der Waals surface area contributed by atoms with Gasteiger partial charge in [0.15, 0.2) is 0 Å². The third-order valence-electron chi connectivity index (χ3n) is 3.74. The van der Waals surface area contributed by atoms with Crippen molar-refractivity contribution in [2.45, 2.75) is 46.8 Å². The molecule has 2 rings (SSSR count). The van der Waals surface area contributed by atoms with Gasteiger partial charge in [0.05, 0.1) is 28.9 Å². The van der Waals surface area contributed by atoms with Gasteiger partial charge in [0.2, 0.25) is 5.91 Å². The summed E-state index contributed by atoms with van der Waals surface area (Å²) in [5.41, 5.74) is 0.572. The van der Waals surface area contributed by atoms with E-state index in [0.717, 1.165) is 15.8 Å². The number of ether oxygens (including phenoxy) is 2. The van der Waals surface area contributed by atoms with E-state index < -0.39 is 18.0 Å². The van der Waals surface area contributed by atoms with Crippen LogP contribution in [0.25, 0.3) is 0 Å². The van der Waals surface area contributed by atoms with Crippen molar-refractivity contribution in [3.05, 3.63) is 32.9 Å². The van der Waals surface area contributed by atoms with Crippen LogP contribution in [0.3, 0.4) is 0 Å². The largest absolute Gasteiger partial charge is 0.462 e. The molecule has 0 fully saturated rings. The molecule has 0 aliphatic carbocycles. The number of nitrogens with one attached hydrogen (secondary N) is 1. The molecule has 0 aliphatic rings. The number of hydrogen-bond acceptors (Lipinski definition) is 7. The summed E-state index contributed by atoms with van der Waals surface area (Å²) in [6.45, 7) is 8.65. The SMILES string of the molecule is CCOC(=O)c1sc(NC(=O)C(C)n2cc(Br)cn2)c(C(=O)OC(C)C)c1C. The molecular weight excluding hydrogens is 450 g/mol. The lowest BCUT2D eigenvalue weighted by Crippen LogP contribution is -2.24. The minimum absolute atomic E-state index is 0.156. The van der Waals surface area contributed by atoms with Crippen molar-refractivity contribution in [3.8, 4) is 0 Å². The molecule has 0 spiro atoms. The van der Waals surface area contributed by atoms with E-state index in [1.165, 1.54) is 4.68 Å². The summed E-state index contributed by atoms with van der Waals surface area (Å²) < 4.78 is 12.6. The van der Waals surface area contributed by atoms with Gasteiger partial charge in [-0.2, -0.15) is 5.10 Å². The second-order valence-corrected chi connectivity index (χ2v) is 8.17. The highest BCUT2D eigenvalue weighted by Gasteiger charge is 2.29. The maximum Gasteiger partial charge on any atom is 0.348 e. The van der Waals surface area contributed by atoms with E-state index in [0.29, 0.717) is 5.56 Å². The van der Waals surface area contributed by atoms with Crippen molar-refractivity contribution in [1.82, 2.24) is 9.78 Å². The van der Waals surface area contributed by atoms with Gasteiger partial charge in [0.1, 0.15) is 15.9 Å². The Morgan fingerprint density at radius 2 is 1.96 bits per heavy atom. The maximum atomic E-state index is 12.7. The second-order valence-electron chi connectivity index (χ2n) is 6.24. The number of rotatable bonds is 7. The van der Waals surface area contributed by atoms with Gasteiger partial charge in [-0.3, -0.25) is 9.48 Å². The molecule has 1 amide bonds. The molecule has 2 heterocycles. The van der Waals surface area contributed by atoms with Crippen LogP contribution in [0.15, 0.2) is 16.9 Å². The van der Waals surface area contributed by atoms with Crippen LogP contribution < -0.4 is 5.32 Å². The van der Waals surface area contributed by atoms with E-state index >= 15 is 0 Å². The van der Waals surface area contributed by atoms with Crippen LogP contribution in [0.1, 0.15) is 59.3 Å². The average molecular weight is 472 g/mol. The first kappa shape index (κ1) is 22.1. The molecular formula is C18H22BrN3O5S. The van der Waals surface area contributed by atoms with E-state index in [1.807, 2.05) is 0 Å². The lowest BCUT2D eigenvalue weighted by atomic mass is 10.1. The quantitative estimate of drug-likeness (QED) is 0.613. The fraction of sp³-hybridized carbons (Fsp3) is 0.444. The van der Waals surface area contributed by atoms with Crippen LogP contribution in [0.5, 0.6) is 0 Å². The van der Waals surface area contributed by atoms with E-state index in [9.17, 15) is 14.4 Å². The number of carbonyl (C=O) groups excluding carboxylic acids is 3. The molecule has 0 aliphatic heterocycles. The zero-order valence-electron chi connectivity index (χ0n) is 16.2. The molecule has 2 aromatic rings. The number of aromatic nitrogens is 2. The molecule has 8 nitrogen and oxygen atoms in total. The van der Waals surface area contributed by atoms with Crippen LogP contribution in [-0.4, -0.2) is 40.3 Å². The van der Waals surface area contributed by atoms with Gasteiger partial charge in [-0.1, -0.05) is 0 Å². The van der Waals surface area contributed by atoms with Crippen molar-refractivity contribution < 1.29 is 23.9 Å². The van der Waals surface area contributed by atoms with Crippen molar-refractivity contribution in [3.63, 3.8) is 0 Å². The minimum Gasteiger partial charge on any atom is -0.462 e. The molecule has 0 radical (unpaired) electrons. The summed E-state index contributed by atoms with van der Waals surface area (Å²) in [6.07, 6.45) is 2.90. The Morgan fingerprint density at radius 3 is 2.50 bits per heavy atom. The van der Waals surface area contributed by atoms with Gasteiger partial charge in [-0.15, -0.1) is 11.3 Å². The van der Waals surface area contributed by atoms with E-state index in [4.69, 9.17) is 9.47 Å². The maximum absolute atomic E-state index is 12.7. The van der Waals surface area contributed by atoms with E-state index in [-0.39, 0.29) is 34.1 Å². The molecule has 2 aromatic heterocycles. The lowest BCUT2D eigenvalue weighted by Gasteiger charge is -2.13. The Bertz CT molecular complexity index is 890. The average Bonchev–Trinajstić information content (AvgIpc) is 3.17. The van der Waals surface area contributed by atoms with Crippen molar-refractivity contribution in [2.75, 3.05) is 11.9 Å². The third-order valence-corrected chi connectivity index (χ3v) is 5.33. The van der Waals surface area contributed by atoms with Crippen molar-refractivity contribution >= 4 is 50.1 Å². The van der Waals surface area contributed by atoms with Gasteiger partial charge in [0, 0.05) is 6.20 Å². The van der Waals surface area contributed by atoms with Crippen LogP contribution in [0.2, 0.25) is 0 Å². The van der Waals surface area contributed by atoms with Crippen LogP contribution in [0, 0.1) is 6.92 Å². The van der Waals surface area contributed by atoms with Gasteiger partial charge < -0.3 is 14.8 Å². The monoisotopic (exact) mass is 471 g/mol. The smallest absolute Gasteiger partial charge is 0.348 e. The normalized spacial score (nSPS) is 12.0. The molecule has 1 N–H and O–H groups in total. The number of thiophene rings is 1. The number of nitrogens with zero attached hydrogens (tertiary/aromatic N) is 2. The molecule has 0 aromatic carbocycles. The molecule has 10 heteroatoms. The van der Waals surface area contributed by atoms with Crippen LogP contribution >= 0.6 is 27.3 Å². The zero-order valence-corrected chi connectivity index (χ0v) is 18.6. The molecule has 0 saturated carbocycles. The second kappa shape index (κ2) is 9.33. The Balaban J connectivity index is 2.37. The van der Waals surface area contributed by atoms with Gasteiger partial charge in [-0.05, 0) is 56.1 Å². The van der Waals surface area contributed by atoms with Crippen molar-refractivity contribution in [1.29, 1.82) is 0 Å². The zero-order chi connectivity index (χ0) is 21.0. The standard InChI is InChI=1S/C18H22BrN3O5S/c1-6-26-18(25)14-10(4)13(17(24)27-9(2)3)16(28-14)21-15(23)11(5)22-8-12(19)7-20-22/h7-9,11H,6H2,1-5H3,(H,21,23). The fourth-order valence-electron chi connectivity index (χ4n) is 2.37. The topological polar surface area (TPSA) is 99.5 Å². The number of anilines is 1. The number of amides is 1. The highest BCUT2D eigenvalue weighted by molar-refractivity contribution is 9.10. The Morgan fingerprint density at radius 1 is 1.29 bits per heavy atom. The van der Waals surface area contributed by atoms with Crippen LogP contribution in [-0.2, 0) is 14.3 Å². The van der Waals surface area contributed by atoms with Gasteiger partial charge >= 0.3 is 11.9 Å². The Labute approximate surface area is 175 Å². The van der Waals surface area contributed by atoms with Crippen LogP contribution in [0.4, 0.5) is 5.00 Å². The van der Waals surface area contributed by atoms with E-state index in [2.05, 4.69) is 26.3 Å². The molecule has 0 saturated heterocycles. The lowest BCUT2D eigenvalue weighted by molar-refractivity contribution is -0.119. The van der Waals surface area contributed by atoms with Gasteiger partial charge in [-0.25, -0.2) is 9.59 Å². The summed E-state index contributed by atoms with van der Waals surface area (Å²) in [6, 6.07) is -0.631.